The molecule has 1 aromatic carbocycles. The Morgan fingerprint density at radius 1 is 1.09 bits per heavy atom. The van der Waals surface area contributed by atoms with Crippen molar-refractivity contribution in [3.8, 4) is 28.5 Å². The summed E-state index contributed by atoms with van der Waals surface area (Å²) in [6.45, 7) is 4.48. The third-order valence-electron chi connectivity index (χ3n) is 5.45. The first kappa shape index (κ1) is 21.7. The Kier molecular flexibility index (Phi) is 5.52. The molecule has 5 rings (SSSR count). The van der Waals surface area contributed by atoms with Gasteiger partial charge in [0.2, 0.25) is 5.89 Å². The van der Waals surface area contributed by atoms with E-state index in [0.29, 0.717) is 41.4 Å². The smallest absolute Gasteiger partial charge is 0.280 e. The van der Waals surface area contributed by atoms with Crippen LogP contribution in [0.25, 0.3) is 28.4 Å². The molecule has 5 aromatic rings. The van der Waals surface area contributed by atoms with Crippen LogP contribution in [0.15, 0.2) is 47.0 Å². The van der Waals surface area contributed by atoms with E-state index in [0.717, 1.165) is 15.9 Å². The molecular formula is C23H21F2N7O2. The van der Waals surface area contributed by atoms with E-state index in [9.17, 15) is 8.78 Å². The summed E-state index contributed by atoms with van der Waals surface area (Å²) in [7, 11) is 1.56. The predicted molar refractivity (Wildman–Crippen MR) is 119 cm³/mol. The minimum Gasteiger partial charge on any atom is -0.497 e. The van der Waals surface area contributed by atoms with Crippen LogP contribution in [-0.2, 0) is 13.0 Å². The molecule has 174 valence electrons. The summed E-state index contributed by atoms with van der Waals surface area (Å²) in [6, 6.07) is 10.3. The van der Waals surface area contributed by atoms with Crippen molar-refractivity contribution >= 4 is 5.65 Å². The Morgan fingerprint density at radius 2 is 1.88 bits per heavy atom. The van der Waals surface area contributed by atoms with E-state index in [4.69, 9.17) is 9.15 Å². The molecule has 0 saturated carbocycles. The lowest BCUT2D eigenvalue weighted by Gasteiger charge is -2.08. The van der Waals surface area contributed by atoms with Crippen LogP contribution >= 0.6 is 0 Å². The van der Waals surface area contributed by atoms with Crippen LogP contribution in [0.4, 0.5) is 8.78 Å². The van der Waals surface area contributed by atoms with Gasteiger partial charge in [-0.25, -0.2) is 18.3 Å². The molecule has 0 atom stereocenters. The summed E-state index contributed by atoms with van der Waals surface area (Å²) >= 11 is 0. The standard InChI is InChI=1S/C23H21F2N7O2/c1-13-10-14(2)31(30-13)9-8-20-28-29-23(34-20)17-12-26-32-19(21(24)25)11-18(27-22(17)32)15-4-6-16(33-3)7-5-15/h4-7,10-12,21H,8-9H2,1-3H3. The zero-order valence-electron chi connectivity index (χ0n) is 18.7. The molecule has 9 nitrogen and oxygen atoms in total. The number of nitrogens with zero attached hydrogens (tertiary/aromatic N) is 7. The van der Waals surface area contributed by atoms with Gasteiger partial charge in [-0.2, -0.15) is 10.2 Å². The number of fused-ring (bicyclic) bond motifs is 1. The molecule has 4 aromatic heterocycles. The first-order valence-electron chi connectivity index (χ1n) is 10.6. The van der Waals surface area contributed by atoms with Gasteiger partial charge in [0, 0.05) is 24.2 Å². The first-order chi connectivity index (χ1) is 16.4. The summed E-state index contributed by atoms with van der Waals surface area (Å²) < 4.78 is 41.7. The van der Waals surface area contributed by atoms with Crippen LogP contribution < -0.4 is 4.74 Å². The number of aromatic nitrogens is 7. The van der Waals surface area contributed by atoms with Crippen LogP contribution in [-0.4, -0.2) is 41.7 Å². The number of aryl methyl sites for hydroxylation is 4. The zero-order valence-corrected chi connectivity index (χ0v) is 18.7. The molecule has 0 N–H and O–H groups in total. The molecule has 0 radical (unpaired) electrons. The number of hydrogen-bond acceptors (Lipinski definition) is 7. The van der Waals surface area contributed by atoms with Crippen molar-refractivity contribution in [3.63, 3.8) is 0 Å². The van der Waals surface area contributed by atoms with Crippen molar-refractivity contribution in [2.75, 3.05) is 7.11 Å². The van der Waals surface area contributed by atoms with E-state index in [2.05, 4.69) is 25.4 Å². The maximum atomic E-state index is 13.9. The summed E-state index contributed by atoms with van der Waals surface area (Å²) in [6.07, 6.45) is -0.875. The maximum Gasteiger partial charge on any atom is 0.280 e. The monoisotopic (exact) mass is 465 g/mol. The molecule has 0 unspecified atom stereocenters. The third-order valence-corrected chi connectivity index (χ3v) is 5.45. The van der Waals surface area contributed by atoms with Gasteiger partial charge in [0.1, 0.15) is 17.0 Å². The SMILES string of the molecule is COc1ccc(-c2cc(C(F)F)n3ncc(-c4nnc(CCn5nc(C)cc5C)o4)c3n2)cc1. The molecule has 0 aliphatic rings. The second kappa shape index (κ2) is 8.65. The van der Waals surface area contributed by atoms with E-state index >= 15 is 0 Å². The normalized spacial score (nSPS) is 11.6. The van der Waals surface area contributed by atoms with E-state index in [-0.39, 0.29) is 17.2 Å². The summed E-state index contributed by atoms with van der Waals surface area (Å²) in [5.74, 6) is 1.23. The second-order valence-corrected chi connectivity index (χ2v) is 7.79. The van der Waals surface area contributed by atoms with E-state index in [1.54, 1.807) is 31.4 Å². The molecule has 0 aliphatic heterocycles. The average molecular weight is 465 g/mol. The number of hydrogen-bond donors (Lipinski definition) is 0. The molecular weight excluding hydrogens is 444 g/mol. The van der Waals surface area contributed by atoms with Gasteiger partial charge < -0.3 is 9.15 Å². The molecule has 34 heavy (non-hydrogen) atoms. The lowest BCUT2D eigenvalue weighted by Crippen LogP contribution is -2.05. The quantitative estimate of drug-likeness (QED) is 0.350. The lowest BCUT2D eigenvalue weighted by molar-refractivity contribution is 0.143. The van der Waals surface area contributed by atoms with Crippen molar-refractivity contribution < 1.29 is 17.9 Å². The number of alkyl halides is 2. The third kappa shape index (κ3) is 4.00. The molecule has 0 bridgehead atoms. The van der Waals surface area contributed by atoms with Gasteiger partial charge in [0.15, 0.2) is 5.65 Å². The molecule has 0 amide bonds. The highest BCUT2D eigenvalue weighted by molar-refractivity contribution is 5.74. The van der Waals surface area contributed by atoms with Gasteiger partial charge in [-0.15, -0.1) is 10.2 Å². The van der Waals surface area contributed by atoms with E-state index < -0.39 is 6.43 Å². The highest BCUT2D eigenvalue weighted by Crippen LogP contribution is 2.30. The van der Waals surface area contributed by atoms with Gasteiger partial charge in [0.25, 0.3) is 12.3 Å². The molecule has 0 aliphatic carbocycles. The highest BCUT2D eigenvalue weighted by Gasteiger charge is 2.22. The Balaban J connectivity index is 1.50. The summed E-state index contributed by atoms with van der Waals surface area (Å²) in [5, 5.41) is 16.7. The minimum absolute atomic E-state index is 0.165. The molecule has 0 spiro atoms. The number of halogens is 2. The van der Waals surface area contributed by atoms with Crippen LogP contribution in [0.5, 0.6) is 5.75 Å². The first-order valence-corrected chi connectivity index (χ1v) is 10.6. The number of methoxy groups -OCH3 is 1. The summed E-state index contributed by atoms with van der Waals surface area (Å²) in [5.41, 5.74) is 3.30. The minimum atomic E-state index is -2.76. The van der Waals surface area contributed by atoms with E-state index in [1.807, 2.05) is 24.6 Å². The molecule has 0 saturated heterocycles. The van der Waals surface area contributed by atoms with Gasteiger partial charge in [-0.05, 0) is 50.2 Å². The zero-order chi connectivity index (χ0) is 23.8. The van der Waals surface area contributed by atoms with Gasteiger partial charge in [-0.3, -0.25) is 4.68 Å². The van der Waals surface area contributed by atoms with Crippen molar-refractivity contribution in [2.45, 2.75) is 33.2 Å². The fraction of sp³-hybridized carbons (Fsp3) is 0.261. The van der Waals surface area contributed by atoms with Gasteiger partial charge >= 0.3 is 0 Å². The topological polar surface area (TPSA) is 96.2 Å². The van der Waals surface area contributed by atoms with Crippen LogP contribution in [0.2, 0.25) is 0 Å². The van der Waals surface area contributed by atoms with Crippen LogP contribution in [0.3, 0.4) is 0 Å². The van der Waals surface area contributed by atoms with Gasteiger partial charge in [-0.1, -0.05) is 0 Å². The number of ether oxygens (including phenoxy) is 1. The lowest BCUT2D eigenvalue weighted by atomic mass is 10.1. The van der Waals surface area contributed by atoms with E-state index in [1.165, 1.54) is 12.3 Å². The molecule has 0 fully saturated rings. The van der Waals surface area contributed by atoms with Crippen molar-refractivity contribution in [1.82, 2.24) is 34.6 Å². The Hall–Kier alpha value is -4.15. The molecule has 4 heterocycles. The maximum absolute atomic E-state index is 13.9. The summed E-state index contributed by atoms with van der Waals surface area (Å²) in [4.78, 5) is 4.58. The number of benzene rings is 1. The van der Waals surface area contributed by atoms with Crippen LogP contribution in [0, 0.1) is 13.8 Å². The average Bonchev–Trinajstić information content (AvgIpc) is 3.55. The fourth-order valence-electron chi connectivity index (χ4n) is 3.77. The molecule has 11 heteroatoms. The Morgan fingerprint density at radius 3 is 2.56 bits per heavy atom. The highest BCUT2D eigenvalue weighted by atomic mass is 19.3. The Labute approximate surface area is 193 Å². The van der Waals surface area contributed by atoms with Crippen molar-refractivity contribution in [3.05, 3.63) is 65.6 Å². The van der Waals surface area contributed by atoms with Gasteiger partial charge in [0.05, 0.1) is 24.7 Å². The number of rotatable bonds is 7. The fourth-order valence-corrected chi connectivity index (χ4v) is 3.77. The van der Waals surface area contributed by atoms with Crippen molar-refractivity contribution in [1.29, 1.82) is 0 Å². The predicted octanol–water partition coefficient (Wildman–Crippen LogP) is 4.45. The van der Waals surface area contributed by atoms with Crippen LogP contribution in [0.1, 0.15) is 29.4 Å². The second-order valence-electron chi connectivity index (χ2n) is 7.79. The Bertz CT molecular complexity index is 1450. The van der Waals surface area contributed by atoms with Crippen molar-refractivity contribution in [2.24, 2.45) is 0 Å². The largest absolute Gasteiger partial charge is 0.497 e.